The maximum absolute atomic E-state index is 12.4. The number of amides is 1. The van der Waals surface area contributed by atoms with Crippen molar-refractivity contribution in [3.63, 3.8) is 0 Å². The van der Waals surface area contributed by atoms with Gasteiger partial charge in [-0.05, 0) is 19.5 Å². The van der Waals surface area contributed by atoms with Gasteiger partial charge in [-0.25, -0.2) is 0 Å². The zero-order valence-electron chi connectivity index (χ0n) is 11.8. The lowest BCUT2D eigenvalue weighted by molar-refractivity contribution is -0.135. The third kappa shape index (κ3) is 3.33. The SMILES string of the molecule is CNC1COCC1C(=O)N(C)Cc1ccc(C)cc1. The highest BCUT2D eigenvalue weighted by Gasteiger charge is 2.34. The van der Waals surface area contributed by atoms with E-state index in [-0.39, 0.29) is 17.9 Å². The van der Waals surface area contributed by atoms with E-state index in [2.05, 4.69) is 36.5 Å². The lowest BCUT2D eigenvalue weighted by Gasteiger charge is -2.23. The van der Waals surface area contributed by atoms with Crippen LogP contribution in [0.4, 0.5) is 0 Å². The first kappa shape index (κ1) is 14.0. The van der Waals surface area contributed by atoms with Crippen molar-refractivity contribution in [1.82, 2.24) is 10.2 Å². The summed E-state index contributed by atoms with van der Waals surface area (Å²) in [7, 11) is 3.73. The van der Waals surface area contributed by atoms with Gasteiger partial charge in [0.2, 0.25) is 5.91 Å². The van der Waals surface area contributed by atoms with Crippen LogP contribution in [0.1, 0.15) is 11.1 Å². The minimum absolute atomic E-state index is 0.0690. The zero-order chi connectivity index (χ0) is 13.8. The Bertz CT molecular complexity index is 430. The van der Waals surface area contributed by atoms with Gasteiger partial charge in [-0.15, -0.1) is 0 Å². The van der Waals surface area contributed by atoms with Crippen molar-refractivity contribution in [2.75, 3.05) is 27.3 Å². The number of likely N-dealkylation sites (N-methyl/N-ethyl adjacent to an activating group) is 1. The molecule has 0 radical (unpaired) electrons. The van der Waals surface area contributed by atoms with Crippen LogP contribution >= 0.6 is 0 Å². The summed E-state index contributed by atoms with van der Waals surface area (Å²) in [6.45, 7) is 3.84. The maximum Gasteiger partial charge on any atom is 0.229 e. The van der Waals surface area contributed by atoms with Crippen molar-refractivity contribution in [2.45, 2.75) is 19.5 Å². The number of aryl methyl sites for hydroxylation is 1. The van der Waals surface area contributed by atoms with Crippen LogP contribution in [0.15, 0.2) is 24.3 Å². The number of hydrogen-bond acceptors (Lipinski definition) is 3. The third-order valence-electron chi connectivity index (χ3n) is 3.69. The quantitative estimate of drug-likeness (QED) is 0.886. The number of nitrogens with one attached hydrogen (secondary N) is 1. The summed E-state index contributed by atoms with van der Waals surface area (Å²) < 4.78 is 5.39. The van der Waals surface area contributed by atoms with Gasteiger partial charge in [0.1, 0.15) is 0 Å². The number of ether oxygens (including phenoxy) is 1. The Balaban J connectivity index is 1.97. The van der Waals surface area contributed by atoms with Crippen LogP contribution in [-0.4, -0.2) is 44.2 Å². The highest BCUT2D eigenvalue weighted by atomic mass is 16.5. The first-order valence-electron chi connectivity index (χ1n) is 6.67. The van der Waals surface area contributed by atoms with Crippen LogP contribution < -0.4 is 5.32 Å². The van der Waals surface area contributed by atoms with E-state index in [1.54, 1.807) is 4.90 Å². The Kier molecular flexibility index (Phi) is 4.56. The number of nitrogens with zero attached hydrogens (tertiary/aromatic N) is 1. The first-order valence-corrected chi connectivity index (χ1v) is 6.67. The van der Waals surface area contributed by atoms with E-state index in [1.165, 1.54) is 5.56 Å². The Morgan fingerprint density at radius 1 is 1.37 bits per heavy atom. The second kappa shape index (κ2) is 6.17. The van der Waals surface area contributed by atoms with Crippen molar-refractivity contribution in [3.8, 4) is 0 Å². The summed E-state index contributed by atoms with van der Waals surface area (Å²) >= 11 is 0. The number of hydrogen-bond donors (Lipinski definition) is 1. The number of carbonyl (C=O) groups is 1. The minimum atomic E-state index is -0.0690. The molecule has 4 heteroatoms. The van der Waals surface area contributed by atoms with E-state index in [0.717, 1.165) is 5.56 Å². The largest absolute Gasteiger partial charge is 0.379 e. The van der Waals surface area contributed by atoms with Crippen LogP contribution in [0.3, 0.4) is 0 Å². The monoisotopic (exact) mass is 262 g/mol. The third-order valence-corrected chi connectivity index (χ3v) is 3.69. The molecule has 0 aromatic heterocycles. The van der Waals surface area contributed by atoms with Gasteiger partial charge in [0.15, 0.2) is 0 Å². The first-order chi connectivity index (χ1) is 9.11. The van der Waals surface area contributed by atoms with E-state index in [4.69, 9.17) is 4.74 Å². The fourth-order valence-corrected chi connectivity index (χ4v) is 2.41. The summed E-state index contributed by atoms with van der Waals surface area (Å²) in [5, 5.41) is 3.15. The topological polar surface area (TPSA) is 41.6 Å². The Morgan fingerprint density at radius 3 is 2.68 bits per heavy atom. The van der Waals surface area contributed by atoms with Gasteiger partial charge >= 0.3 is 0 Å². The van der Waals surface area contributed by atoms with Gasteiger partial charge in [0.25, 0.3) is 0 Å². The molecule has 1 aliphatic rings. The van der Waals surface area contributed by atoms with E-state index in [1.807, 2.05) is 14.1 Å². The van der Waals surface area contributed by atoms with Crippen molar-refractivity contribution in [3.05, 3.63) is 35.4 Å². The minimum Gasteiger partial charge on any atom is -0.379 e. The molecular weight excluding hydrogens is 240 g/mol. The molecule has 1 fully saturated rings. The van der Waals surface area contributed by atoms with Crippen molar-refractivity contribution < 1.29 is 9.53 Å². The lowest BCUT2D eigenvalue weighted by atomic mass is 10.0. The molecule has 2 atom stereocenters. The molecule has 0 spiro atoms. The average Bonchev–Trinajstić information content (AvgIpc) is 2.88. The van der Waals surface area contributed by atoms with E-state index >= 15 is 0 Å². The van der Waals surface area contributed by atoms with Crippen molar-refractivity contribution >= 4 is 5.91 Å². The van der Waals surface area contributed by atoms with Crippen molar-refractivity contribution in [2.24, 2.45) is 5.92 Å². The molecule has 19 heavy (non-hydrogen) atoms. The second-order valence-electron chi connectivity index (χ2n) is 5.22. The van der Waals surface area contributed by atoms with Gasteiger partial charge in [-0.3, -0.25) is 4.79 Å². The average molecular weight is 262 g/mol. The van der Waals surface area contributed by atoms with Crippen LogP contribution in [0.5, 0.6) is 0 Å². The van der Waals surface area contributed by atoms with Gasteiger partial charge in [-0.2, -0.15) is 0 Å². The Hall–Kier alpha value is -1.39. The molecule has 0 bridgehead atoms. The van der Waals surface area contributed by atoms with Gasteiger partial charge in [0, 0.05) is 19.6 Å². The smallest absolute Gasteiger partial charge is 0.229 e. The Labute approximate surface area is 114 Å². The maximum atomic E-state index is 12.4. The molecule has 1 saturated heterocycles. The summed E-state index contributed by atoms with van der Waals surface area (Å²) in [6, 6.07) is 8.42. The highest BCUT2D eigenvalue weighted by molar-refractivity contribution is 5.79. The lowest BCUT2D eigenvalue weighted by Crippen LogP contribution is -2.43. The molecule has 0 aliphatic carbocycles. The summed E-state index contributed by atoms with van der Waals surface area (Å²) in [5.74, 6) is 0.0814. The molecule has 1 heterocycles. The molecule has 1 aliphatic heterocycles. The molecule has 104 valence electrons. The van der Waals surface area contributed by atoms with E-state index in [9.17, 15) is 4.79 Å². The molecule has 0 saturated carbocycles. The second-order valence-corrected chi connectivity index (χ2v) is 5.22. The number of carbonyl (C=O) groups excluding carboxylic acids is 1. The molecule has 4 nitrogen and oxygen atoms in total. The molecule has 2 rings (SSSR count). The van der Waals surface area contributed by atoms with Gasteiger partial charge in [0.05, 0.1) is 19.1 Å². The summed E-state index contributed by atoms with van der Waals surface area (Å²) in [6.07, 6.45) is 0. The van der Waals surface area contributed by atoms with Gasteiger partial charge in [-0.1, -0.05) is 29.8 Å². The molecule has 1 amide bonds. The normalized spacial score (nSPS) is 22.5. The van der Waals surface area contributed by atoms with Crippen LogP contribution in [0.2, 0.25) is 0 Å². The van der Waals surface area contributed by atoms with Gasteiger partial charge < -0.3 is 15.0 Å². The van der Waals surface area contributed by atoms with Crippen molar-refractivity contribution in [1.29, 1.82) is 0 Å². The number of rotatable bonds is 4. The predicted molar refractivity (Wildman–Crippen MR) is 74.8 cm³/mol. The standard InChI is InChI=1S/C15H22N2O2/c1-11-4-6-12(7-5-11)8-17(3)15(18)13-9-19-10-14(13)16-2/h4-7,13-14,16H,8-10H2,1-3H3. The summed E-state index contributed by atoms with van der Waals surface area (Å²) in [5.41, 5.74) is 2.39. The fourth-order valence-electron chi connectivity index (χ4n) is 2.41. The van der Waals surface area contributed by atoms with Crippen LogP contribution in [-0.2, 0) is 16.1 Å². The van der Waals surface area contributed by atoms with Crippen LogP contribution in [0, 0.1) is 12.8 Å². The van der Waals surface area contributed by atoms with E-state index < -0.39 is 0 Å². The highest BCUT2D eigenvalue weighted by Crippen LogP contribution is 2.17. The van der Waals surface area contributed by atoms with E-state index in [0.29, 0.717) is 19.8 Å². The zero-order valence-corrected chi connectivity index (χ0v) is 11.8. The van der Waals surface area contributed by atoms with Crippen LogP contribution in [0.25, 0.3) is 0 Å². The molecule has 1 aromatic carbocycles. The predicted octanol–water partition coefficient (Wildman–Crippen LogP) is 1.19. The summed E-state index contributed by atoms with van der Waals surface area (Å²) in [4.78, 5) is 14.2. The molecule has 1 aromatic rings. The molecular formula is C15H22N2O2. The molecule has 1 N–H and O–H groups in total. The number of benzene rings is 1. The fraction of sp³-hybridized carbons (Fsp3) is 0.533. The molecule has 2 unspecified atom stereocenters. The Morgan fingerprint density at radius 2 is 2.05 bits per heavy atom.